The van der Waals surface area contributed by atoms with Crippen molar-refractivity contribution in [3.8, 4) is 5.75 Å². The predicted octanol–water partition coefficient (Wildman–Crippen LogP) is 4.09. The van der Waals surface area contributed by atoms with E-state index in [0.29, 0.717) is 75.6 Å². The number of halogens is 1. The van der Waals surface area contributed by atoms with E-state index < -0.39 is 0 Å². The van der Waals surface area contributed by atoms with E-state index in [2.05, 4.69) is 10.3 Å². The number of hydrogen-bond acceptors (Lipinski definition) is 7. The van der Waals surface area contributed by atoms with Crippen molar-refractivity contribution in [2.75, 3.05) is 70.1 Å². The molecule has 3 aromatic carbocycles. The van der Waals surface area contributed by atoms with Crippen molar-refractivity contribution in [1.82, 2.24) is 10.3 Å². The molecule has 0 saturated carbocycles. The molecule has 0 radical (unpaired) electrons. The Bertz CT molecular complexity index is 1610. The molecule has 1 aliphatic rings. The summed E-state index contributed by atoms with van der Waals surface area (Å²) in [7, 11) is 0. The van der Waals surface area contributed by atoms with Crippen molar-refractivity contribution < 1.29 is 34.0 Å². The lowest BCUT2D eigenvalue weighted by atomic mass is 9.92. The normalized spacial score (nSPS) is 14.5. The van der Waals surface area contributed by atoms with Gasteiger partial charge in [0.25, 0.3) is 11.8 Å². The van der Waals surface area contributed by atoms with Crippen LogP contribution in [0.1, 0.15) is 37.9 Å². The summed E-state index contributed by atoms with van der Waals surface area (Å²) in [6.07, 6.45) is 0. The Hall–Kier alpha value is -3.67. The van der Waals surface area contributed by atoms with E-state index in [9.17, 15) is 14.7 Å². The van der Waals surface area contributed by atoms with Crippen LogP contribution in [-0.4, -0.2) is 92.2 Å². The number of H-pyrrole nitrogens is 1. The highest BCUT2D eigenvalue weighted by Gasteiger charge is 2.35. The van der Waals surface area contributed by atoms with E-state index in [1.165, 1.54) is 0 Å². The molecule has 4 N–H and O–H groups in total. The van der Waals surface area contributed by atoms with Crippen molar-refractivity contribution in [2.45, 2.75) is 12.8 Å². The number of nitrogens with zero attached hydrogens (tertiary/aromatic N) is 1. The number of amides is 2. The summed E-state index contributed by atoms with van der Waals surface area (Å²) in [4.78, 5) is 31.3. The number of aliphatic hydroxyl groups is 1. The first-order chi connectivity index (χ1) is 20.9. The van der Waals surface area contributed by atoms with E-state index in [-0.39, 0.29) is 30.1 Å². The highest BCUT2D eigenvalue weighted by Crippen LogP contribution is 2.46. The number of carbonyl (C=O) groups is 2. The van der Waals surface area contributed by atoms with E-state index in [1.54, 1.807) is 35.2 Å². The number of aromatic hydroxyl groups is 1. The summed E-state index contributed by atoms with van der Waals surface area (Å²) in [6.45, 7) is 4.99. The topological polar surface area (TPSA) is 133 Å². The molecule has 228 valence electrons. The van der Waals surface area contributed by atoms with Gasteiger partial charge in [0.1, 0.15) is 11.4 Å². The fourth-order valence-electron chi connectivity index (χ4n) is 5.50. The van der Waals surface area contributed by atoms with E-state index in [4.69, 9.17) is 30.9 Å². The molecule has 10 nitrogen and oxygen atoms in total. The molecule has 0 saturated heterocycles. The van der Waals surface area contributed by atoms with Gasteiger partial charge in [-0.15, -0.1) is 11.6 Å². The van der Waals surface area contributed by atoms with Gasteiger partial charge in [-0.2, -0.15) is 0 Å². The van der Waals surface area contributed by atoms with Crippen molar-refractivity contribution in [1.29, 1.82) is 0 Å². The monoisotopic (exact) mass is 609 g/mol. The zero-order valence-electron chi connectivity index (χ0n) is 24.0. The molecule has 0 aliphatic carbocycles. The largest absolute Gasteiger partial charge is 0.507 e. The van der Waals surface area contributed by atoms with Crippen molar-refractivity contribution in [3.05, 3.63) is 70.9 Å². The number of ether oxygens (including phenoxy) is 3. The second-order valence-electron chi connectivity index (χ2n) is 10.4. The van der Waals surface area contributed by atoms with Gasteiger partial charge in [-0.25, -0.2) is 0 Å². The first kappa shape index (κ1) is 30.8. The maximum absolute atomic E-state index is 13.8. The average Bonchev–Trinajstić information content (AvgIpc) is 3.61. The molecule has 1 atom stereocenters. The number of anilines is 1. The molecular weight excluding hydrogens is 574 g/mol. The second kappa shape index (κ2) is 14.2. The number of rotatable bonds is 14. The Morgan fingerprint density at radius 3 is 2.51 bits per heavy atom. The van der Waals surface area contributed by atoms with Crippen LogP contribution in [-0.2, 0) is 14.2 Å². The number of phenols is 1. The lowest BCUT2D eigenvalue weighted by Gasteiger charge is -2.19. The van der Waals surface area contributed by atoms with Gasteiger partial charge in [-0.1, -0.05) is 18.2 Å². The molecule has 0 fully saturated rings. The van der Waals surface area contributed by atoms with Crippen LogP contribution in [0.5, 0.6) is 5.75 Å². The fourth-order valence-corrected chi connectivity index (χ4v) is 5.75. The molecule has 0 bridgehead atoms. The minimum Gasteiger partial charge on any atom is -0.507 e. The number of fused-ring (bicyclic) bond motifs is 4. The molecule has 1 aliphatic heterocycles. The number of carbonyl (C=O) groups excluding carboxylic acids is 2. The van der Waals surface area contributed by atoms with Crippen LogP contribution in [0.3, 0.4) is 0 Å². The van der Waals surface area contributed by atoms with E-state index in [1.807, 2.05) is 25.1 Å². The van der Waals surface area contributed by atoms with Gasteiger partial charge < -0.3 is 39.6 Å². The average molecular weight is 610 g/mol. The van der Waals surface area contributed by atoms with Crippen LogP contribution in [0.15, 0.2) is 48.5 Å². The molecule has 2 amide bonds. The zero-order valence-corrected chi connectivity index (χ0v) is 24.8. The SMILES string of the molecule is Cc1cccc2c(O)cc3c(c12)C(CCl)CN3C(=O)c1ccc2[nH]c(C(=O)NCCOCCOCCOCCO)cc2c1. The Morgan fingerprint density at radius 2 is 1.77 bits per heavy atom. The Balaban J connectivity index is 1.21. The standard InChI is InChI=1S/C32H36ClN3O7/c1-20-3-2-4-24-28(38)17-27-30(29(20)24)23(18-33)19-36(27)32(40)21-5-6-25-22(15-21)16-26(35-25)31(39)34-7-9-41-11-13-43-14-12-42-10-8-37/h2-6,15-17,23,35,37-38H,7-14,18-19H2,1H3,(H,34,39). The summed E-state index contributed by atoms with van der Waals surface area (Å²) in [5, 5.41) is 24.7. The van der Waals surface area contributed by atoms with E-state index in [0.717, 1.165) is 32.8 Å². The highest BCUT2D eigenvalue weighted by atomic mass is 35.5. The quantitative estimate of drug-likeness (QED) is 0.125. The zero-order chi connectivity index (χ0) is 30.3. The molecule has 2 heterocycles. The number of benzene rings is 3. The molecule has 0 spiro atoms. The summed E-state index contributed by atoms with van der Waals surface area (Å²) in [5.41, 5.74) is 4.26. The van der Waals surface area contributed by atoms with Gasteiger partial charge in [0.05, 0.1) is 51.9 Å². The molecular formula is C32H36ClN3O7. The van der Waals surface area contributed by atoms with Crippen LogP contribution in [0, 0.1) is 6.92 Å². The number of aromatic nitrogens is 1. The van der Waals surface area contributed by atoms with Gasteiger partial charge in [-0.3, -0.25) is 9.59 Å². The van der Waals surface area contributed by atoms with Crippen LogP contribution in [0.4, 0.5) is 5.69 Å². The number of hydrogen-bond donors (Lipinski definition) is 4. The molecule has 1 unspecified atom stereocenters. The third-order valence-corrected chi connectivity index (χ3v) is 7.90. The maximum Gasteiger partial charge on any atom is 0.267 e. The Morgan fingerprint density at radius 1 is 1.02 bits per heavy atom. The Kier molecular flexibility index (Phi) is 10.2. The van der Waals surface area contributed by atoms with Crippen LogP contribution in [0.25, 0.3) is 21.7 Å². The molecule has 5 rings (SSSR count). The van der Waals surface area contributed by atoms with Gasteiger partial charge in [0, 0.05) is 52.8 Å². The minimum atomic E-state index is -0.277. The smallest absolute Gasteiger partial charge is 0.267 e. The number of aromatic amines is 1. The fraction of sp³-hybridized carbons (Fsp3) is 0.375. The predicted molar refractivity (Wildman–Crippen MR) is 166 cm³/mol. The van der Waals surface area contributed by atoms with Gasteiger partial charge in [0.15, 0.2) is 0 Å². The number of alkyl halides is 1. The minimum absolute atomic E-state index is 0.0114. The first-order valence-corrected chi connectivity index (χ1v) is 14.8. The van der Waals surface area contributed by atoms with Gasteiger partial charge in [0.2, 0.25) is 0 Å². The summed E-state index contributed by atoms with van der Waals surface area (Å²) < 4.78 is 15.9. The lowest BCUT2D eigenvalue weighted by molar-refractivity contribution is 0.00824. The molecule has 43 heavy (non-hydrogen) atoms. The number of aryl methyl sites for hydroxylation is 1. The third-order valence-electron chi connectivity index (χ3n) is 7.52. The summed E-state index contributed by atoms with van der Waals surface area (Å²) in [6, 6.07) is 14.4. The van der Waals surface area contributed by atoms with Crippen molar-refractivity contribution >= 4 is 50.8 Å². The van der Waals surface area contributed by atoms with Crippen LogP contribution >= 0.6 is 11.6 Å². The summed E-state index contributed by atoms with van der Waals surface area (Å²) >= 11 is 6.38. The second-order valence-corrected chi connectivity index (χ2v) is 10.7. The number of aliphatic hydroxyl groups excluding tert-OH is 1. The number of phenolic OH excluding ortho intramolecular Hbond substituents is 1. The van der Waals surface area contributed by atoms with Crippen LogP contribution < -0.4 is 10.2 Å². The third kappa shape index (κ3) is 6.79. The maximum atomic E-state index is 13.8. The Labute approximate surface area is 254 Å². The lowest BCUT2D eigenvalue weighted by Crippen LogP contribution is -2.30. The van der Waals surface area contributed by atoms with Gasteiger partial charge >= 0.3 is 0 Å². The first-order valence-electron chi connectivity index (χ1n) is 14.3. The van der Waals surface area contributed by atoms with Crippen molar-refractivity contribution in [3.63, 3.8) is 0 Å². The molecule has 4 aromatic rings. The molecule has 11 heteroatoms. The van der Waals surface area contributed by atoms with E-state index >= 15 is 0 Å². The number of nitrogens with one attached hydrogen (secondary N) is 2. The van der Waals surface area contributed by atoms with Crippen molar-refractivity contribution in [2.24, 2.45) is 0 Å². The summed E-state index contributed by atoms with van der Waals surface area (Å²) in [5.74, 6) is -0.0677. The molecule has 1 aromatic heterocycles. The highest BCUT2D eigenvalue weighted by molar-refractivity contribution is 6.19. The van der Waals surface area contributed by atoms with Crippen LogP contribution in [0.2, 0.25) is 0 Å². The van der Waals surface area contributed by atoms with Gasteiger partial charge in [-0.05, 0) is 47.7 Å².